The average Bonchev–Trinajstić information content (AvgIpc) is 3.58. The Hall–Kier alpha value is -3.93. The molecule has 1 atom stereocenters. The highest BCUT2D eigenvalue weighted by molar-refractivity contribution is 5.94. The molecule has 0 spiro atoms. The third-order valence-electron chi connectivity index (χ3n) is 7.38. The Morgan fingerprint density at radius 1 is 0.917 bits per heavy atom. The molecule has 1 aliphatic heterocycles. The zero-order valence-electron chi connectivity index (χ0n) is 20.4. The molecular formula is C30H29N3O3. The third-order valence-corrected chi connectivity index (χ3v) is 7.38. The van der Waals surface area contributed by atoms with Gasteiger partial charge >= 0.3 is 5.97 Å². The SMILES string of the molecule is COC(=O)c1ccc2nc(-c3ccc(-c4ccccc4)cc3)n(C[C@@H]3CCN(C(=O)C4CC4)C3)c2c1. The number of imidazole rings is 1. The Kier molecular flexibility index (Phi) is 5.80. The van der Waals surface area contributed by atoms with E-state index in [4.69, 9.17) is 9.72 Å². The van der Waals surface area contributed by atoms with Crippen molar-refractivity contribution in [1.82, 2.24) is 14.5 Å². The number of aromatic nitrogens is 2. The van der Waals surface area contributed by atoms with E-state index in [0.717, 1.165) is 66.9 Å². The van der Waals surface area contributed by atoms with Gasteiger partial charge < -0.3 is 14.2 Å². The molecule has 0 N–H and O–H groups in total. The Bertz CT molecular complexity index is 1420. The van der Waals surface area contributed by atoms with Gasteiger partial charge in [0, 0.05) is 31.1 Å². The summed E-state index contributed by atoms with van der Waals surface area (Å²) in [6, 6.07) is 24.3. The number of likely N-dealkylation sites (tertiary alicyclic amines) is 1. The molecule has 3 aromatic carbocycles. The lowest BCUT2D eigenvalue weighted by molar-refractivity contribution is -0.131. The van der Waals surface area contributed by atoms with Crippen molar-refractivity contribution in [3.63, 3.8) is 0 Å². The van der Waals surface area contributed by atoms with Gasteiger partial charge in [0.25, 0.3) is 0 Å². The average molecular weight is 480 g/mol. The highest BCUT2D eigenvalue weighted by atomic mass is 16.5. The first-order valence-electron chi connectivity index (χ1n) is 12.6. The quantitative estimate of drug-likeness (QED) is 0.347. The van der Waals surface area contributed by atoms with E-state index in [-0.39, 0.29) is 11.9 Å². The van der Waals surface area contributed by atoms with Gasteiger partial charge in [0.15, 0.2) is 0 Å². The fourth-order valence-electron chi connectivity index (χ4n) is 5.24. The second kappa shape index (κ2) is 9.26. The molecule has 2 fully saturated rings. The molecule has 4 aromatic rings. The minimum atomic E-state index is -0.361. The monoisotopic (exact) mass is 479 g/mol. The van der Waals surface area contributed by atoms with Crippen molar-refractivity contribution in [3.8, 4) is 22.5 Å². The van der Waals surface area contributed by atoms with Crippen molar-refractivity contribution >= 4 is 22.9 Å². The van der Waals surface area contributed by atoms with Gasteiger partial charge in [-0.3, -0.25) is 4.79 Å². The van der Waals surface area contributed by atoms with E-state index >= 15 is 0 Å². The van der Waals surface area contributed by atoms with E-state index in [9.17, 15) is 9.59 Å². The fraction of sp³-hybridized carbons (Fsp3) is 0.300. The van der Waals surface area contributed by atoms with Gasteiger partial charge in [0.1, 0.15) is 5.82 Å². The molecule has 182 valence electrons. The number of rotatable bonds is 6. The molecule has 2 heterocycles. The van der Waals surface area contributed by atoms with Crippen LogP contribution < -0.4 is 0 Å². The lowest BCUT2D eigenvalue weighted by Crippen LogP contribution is -2.30. The van der Waals surface area contributed by atoms with Crippen molar-refractivity contribution in [2.75, 3.05) is 20.2 Å². The Labute approximate surface area is 210 Å². The molecule has 2 aliphatic rings. The minimum absolute atomic E-state index is 0.249. The summed E-state index contributed by atoms with van der Waals surface area (Å²) in [6.07, 6.45) is 3.04. The molecule has 1 amide bonds. The molecule has 1 saturated heterocycles. The van der Waals surface area contributed by atoms with Crippen LogP contribution in [0.4, 0.5) is 0 Å². The van der Waals surface area contributed by atoms with Crippen molar-refractivity contribution in [2.24, 2.45) is 11.8 Å². The zero-order chi connectivity index (χ0) is 24.6. The van der Waals surface area contributed by atoms with Crippen LogP contribution in [-0.2, 0) is 16.1 Å². The number of ether oxygens (including phenoxy) is 1. The second-order valence-electron chi connectivity index (χ2n) is 9.90. The number of hydrogen-bond donors (Lipinski definition) is 0. The third kappa shape index (κ3) is 4.28. The number of hydrogen-bond acceptors (Lipinski definition) is 4. The van der Waals surface area contributed by atoms with Crippen molar-refractivity contribution < 1.29 is 14.3 Å². The largest absolute Gasteiger partial charge is 0.465 e. The normalized spacial score (nSPS) is 17.5. The zero-order valence-corrected chi connectivity index (χ0v) is 20.4. The van der Waals surface area contributed by atoms with Crippen LogP contribution in [-0.4, -0.2) is 46.5 Å². The van der Waals surface area contributed by atoms with Crippen LogP contribution in [0.3, 0.4) is 0 Å². The predicted molar refractivity (Wildman–Crippen MR) is 139 cm³/mol. The molecule has 6 rings (SSSR count). The summed E-state index contributed by atoms with van der Waals surface area (Å²) in [4.78, 5) is 31.9. The summed E-state index contributed by atoms with van der Waals surface area (Å²) in [5.74, 6) is 1.42. The Morgan fingerprint density at radius 2 is 1.64 bits per heavy atom. The first-order valence-corrected chi connectivity index (χ1v) is 12.6. The van der Waals surface area contributed by atoms with Gasteiger partial charge in [-0.25, -0.2) is 9.78 Å². The maximum absolute atomic E-state index is 12.6. The Balaban J connectivity index is 1.36. The molecule has 1 aliphatic carbocycles. The van der Waals surface area contributed by atoms with Crippen LogP contribution in [0, 0.1) is 11.8 Å². The topological polar surface area (TPSA) is 64.4 Å². The van der Waals surface area contributed by atoms with Crippen LogP contribution in [0.2, 0.25) is 0 Å². The van der Waals surface area contributed by atoms with Crippen LogP contribution in [0.5, 0.6) is 0 Å². The number of esters is 1. The molecule has 1 saturated carbocycles. The molecular weight excluding hydrogens is 450 g/mol. The number of amides is 1. The minimum Gasteiger partial charge on any atom is -0.465 e. The van der Waals surface area contributed by atoms with E-state index in [0.29, 0.717) is 17.4 Å². The van der Waals surface area contributed by atoms with Gasteiger partial charge in [-0.05, 0) is 54.5 Å². The summed E-state index contributed by atoms with van der Waals surface area (Å²) in [5.41, 5.74) is 5.61. The van der Waals surface area contributed by atoms with Crippen LogP contribution in [0.1, 0.15) is 29.6 Å². The van der Waals surface area contributed by atoms with Gasteiger partial charge in [-0.2, -0.15) is 0 Å². The summed E-state index contributed by atoms with van der Waals surface area (Å²) >= 11 is 0. The first-order chi connectivity index (χ1) is 17.6. The van der Waals surface area contributed by atoms with Gasteiger partial charge in [-0.15, -0.1) is 0 Å². The standard InChI is InChI=1S/C30H29N3O3/c1-36-30(35)25-13-14-26-27(17-25)33(19-20-15-16-32(18-20)29(34)24-11-12-24)28(31-26)23-9-7-22(8-10-23)21-5-3-2-4-6-21/h2-10,13-14,17,20,24H,11-12,15-16,18-19H2,1H3/t20-/m1/s1. The molecule has 6 nitrogen and oxygen atoms in total. The van der Waals surface area contributed by atoms with Crippen LogP contribution >= 0.6 is 0 Å². The number of nitrogens with zero attached hydrogens (tertiary/aromatic N) is 3. The van der Waals surface area contributed by atoms with Gasteiger partial charge in [0.05, 0.1) is 23.7 Å². The number of methoxy groups -OCH3 is 1. The molecule has 0 radical (unpaired) electrons. The van der Waals surface area contributed by atoms with E-state index in [1.807, 2.05) is 35.2 Å². The lowest BCUT2D eigenvalue weighted by Gasteiger charge is -2.18. The molecule has 1 aromatic heterocycles. The smallest absolute Gasteiger partial charge is 0.337 e. The summed E-state index contributed by atoms with van der Waals surface area (Å²) in [6.45, 7) is 2.34. The second-order valence-corrected chi connectivity index (χ2v) is 9.90. The van der Waals surface area contributed by atoms with Gasteiger partial charge in [0.2, 0.25) is 5.91 Å². The number of fused-ring (bicyclic) bond motifs is 1. The molecule has 6 heteroatoms. The van der Waals surface area contributed by atoms with Crippen molar-refractivity contribution in [3.05, 3.63) is 78.4 Å². The van der Waals surface area contributed by atoms with E-state index in [1.165, 1.54) is 12.7 Å². The maximum Gasteiger partial charge on any atom is 0.337 e. The molecule has 36 heavy (non-hydrogen) atoms. The fourth-order valence-corrected chi connectivity index (χ4v) is 5.24. The molecule has 0 unspecified atom stereocenters. The van der Waals surface area contributed by atoms with Crippen LogP contribution in [0.25, 0.3) is 33.5 Å². The number of carbonyl (C=O) groups is 2. The Morgan fingerprint density at radius 3 is 2.36 bits per heavy atom. The highest BCUT2D eigenvalue weighted by Gasteiger charge is 2.36. The van der Waals surface area contributed by atoms with E-state index in [1.54, 1.807) is 6.07 Å². The number of benzene rings is 3. The summed E-state index contributed by atoms with van der Waals surface area (Å²) in [7, 11) is 1.40. The first kappa shape index (κ1) is 22.5. The van der Waals surface area contributed by atoms with Crippen LogP contribution in [0.15, 0.2) is 72.8 Å². The maximum atomic E-state index is 12.6. The lowest BCUT2D eigenvalue weighted by atomic mass is 10.0. The summed E-state index contributed by atoms with van der Waals surface area (Å²) in [5, 5.41) is 0. The molecule has 0 bridgehead atoms. The van der Waals surface area contributed by atoms with E-state index in [2.05, 4.69) is 41.0 Å². The van der Waals surface area contributed by atoms with E-state index < -0.39 is 0 Å². The predicted octanol–water partition coefficient (Wildman–Crippen LogP) is 5.42. The van der Waals surface area contributed by atoms with Gasteiger partial charge in [-0.1, -0.05) is 54.6 Å². The van der Waals surface area contributed by atoms with Crippen molar-refractivity contribution in [1.29, 1.82) is 0 Å². The summed E-state index contributed by atoms with van der Waals surface area (Å²) < 4.78 is 7.18. The highest BCUT2D eigenvalue weighted by Crippen LogP contribution is 2.34. The number of carbonyl (C=O) groups excluding carboxylic acids is 2. The van der Waals surface area contributed by atoms with Crippen molar-refractivity contribution in [2.45, 2.75) is 25.8 Å².